The molecule has 0 aliphatic heterocycles. The monoisotopic (exact) mass is 864 g/mol. The number of ether oxygens (including phenoxy) is 2. The third kappa shape index (κ3) is 30.3. The molecule has 0 spiro atoms. The van der Waals surface area contributed by atoms with Crippen LogP contribution < -0.4 is 4.89 Å². The number of phosphoric acid groups is 1. The van der Waals surface area contributed by atoms with Crippen LogP contribution in [0.4, 0.5) is 0 Å². The summed E-state index contributed by atoms with van der Waals surface area (Å²) in [6.45, 7) is 8.08. The van der Waals surface area contributed by atoms with E-state index < -0.39 is 32.5 Å². The lowest BCUT2D eigenvalue weighted by atomic mass is 10.0. The first-order valence-electron chi connectivity index (χ1n) is 22.8. The lowest BCUT2D eigenvalue weighted by Crippen LogP contribution is -2.37. The number of furan rings is 1. The number of nitrogens with zero attached hydrogens (tertiary/aromatic N) is 1. The predicted molar refractivity (Wildman–Crippen MR) is 240 cm³/mol. The topological polar surface area (TPSA) is 145 Å². The largest absolute Gasteiger partial charge is 0.756 e. The van der Waals surface area contributed by atoms with E-state index in [1.807, 2.05) is 40.2 Å². The summed E-state index contributed by atoms with van der Waals surface area (Å²) < 4.78 is 40.0. The van der Waals surface area contributed by atoms with Gasteiger partial charge in [-0.05, 0) is 95.6 Å². The second-order valence-electron chi connectivity index (χ2n) is 16.8. The van der Waals surface area contributed by atoms with Crippen LogP contribution >= 0.6 is 7.82 Å². The zero-order valence-electron chi connectivity index (χ0n) is 38.5. The summed E-state index contributed by atoms with van der Waals surface area (Å²) in [5, 5.41) is 9.58. The van der Waals surface area contributed by atoms with E-state index in [9.17, 15) is 24.2 Å². The van der Waals surface area contributed by atoms with Crippen molar-refractivity contribution in [1.29, 1.82) is 0 Å². The second-order valence-corrected chi connectivity index (χ2v) is 18.2. The molecule has 0 fully saturated rings. The highest BCUT2D eigenvalue weighted by atomic mass is 31.2. The van der Waals surface area contributed by atoms with Gasteiger partial charge in [0.2, 0.25) is 0 Å². The first-order valence-corrected chi connectivity index (χ1v) is 24.2. The molecule has 1 aromatic heterocycles. The molecule has 60 heavy (non-hydrogen) atoms. The van der Waals surface area contributed by atoms with Gasteiger partial charge >= 0.3 is 11.9 Å². The highest BCUT2D eigenvalue weighted by Crippen LogP contribution is 2.38. The highest BCUT2D eigenvalue weighted by Gasteiger charge is 2.22. The van der Waals surface area contributed by atoms with E-state index >= 15 is 0 Å². The standard InChI is InChI=1S/C48H82NO10P/c1-8-32-45-41(3)42(4)46(59-45)34-29-25-21-18-19-22-26-30-35-47(51)55-39-44(40-57-60(53,54)56-38-37-49(5,6)7)58-48(52)36-31-27-23-17-15-13-11-10-12-14-16-20-24-28-33-43(50)9-2/h11-14,17,20,23-24,43-44,50H,8-10,15-16,18-19,21-22,25-40H2,1-7H3/b13-11-,14-12-,23-17-,24-20-/t43-,44-/m1/s1. The number of aliphatic hydroxyl groups excluding tert-OH is 1. The summed E-state index contributed by atoms with van der Waals surface area (Å²) in [7, 11) is 1.08. The second kappa shape index (κ2) is 33.8. The van der Waals surface area contributed by atoms with Crippen molar-refractivity contribution >= 4 is 19.8 Å². The molecule has 1 heterocycles. The number of aryl methyl sites for hydroxylation is 2. The van der Waals surface area contributed by atoms with Gasteiger partial charge in [-0.1, -0.05) is 101 Å². The van der Waals surface area contributed by atoms with Crippen molar-refractivity contribution in [3.63, 3.8) is 0 Å². The maximum Gasteiger partial charge on any atom is 0.306 e. The van der Waals surface area contributed by atoms with Gasteiger partial charge in [-0.2, -0.15) is 0 Å². The Morgan fingerprint density at radius 1 is 0.717 bits per heavy atom. The van der Waals surface area contributed by atoms with E-state index in [1.54, 1.807) is 0 Å². The van der Waals surface area contributed by atoms with E-state index in [0.29, 0.717) is 30.3 Å². The fourth-order valence-corrected chi connectivity index (χ4v) is 6.93. The van der Waals surface area contributed by atoms with Crippen molar-refractivity contribution in [2.45, 2.75) is 175 Å². The molecule has 11 nitrogen and oxygen atoms in total. The van der Waals surface area contributed by atoms with Crippen LogP contribution in [0.15, 0.2) is 53.0 Å². The Labute approximate surface area is 363 Å². The lowest BCUT2D eigenvalue weighted by Gasteiger charge is -2.28. The summed E-state index contributed by atoms with van der Waals surface area (Å²) in [4.78, 5) is 37.6. The van der Waals surface area contributed by atoms with E-state index in [0.717, 1.165) is 101 Å². The third-order valence-electron chi connectivity index (χ3n) is 10.2. The first-order chi connectivity index (χ1) is 28.7. The number of esters is 2. The fraction of sp³-hybridized carbons (Fsp3) is 0.708. The van der Waals surface area contributed by atoms with Crippen LogP contribution in [-0.2, 0) is 45.5 Å². The molecule has 0 aromatic carbocycles. The molecule has 0 aliphatic carbocycles. The minimum absolute atomic E-state index is 0.0557. The Kier molecular flexibility index (Phi) is 31.1. The molecule has 0 bridgehead atoms. The molecule has 1 aromatic rings. The van der Waals surface area contributed by atoms with Crippen LogP contribution in [0.2, 0.25) is 0 Å². The smallest absolute Gasteiger partial charge is 0.306 e. The van der Waals surface area contributed by atoms with Crippen LogP contribution in [0, 0.1) is 13.8 Å². The Morgan fingerprint density at radius 3 is 1.83 bits per heavy atom. The number of quaternary nitrogens is 1. The molecule has 1 unspecified atom stereocenters. The van der Waals surface area contributed by atoms with Gasteiger partial charge < -0.3 is 37.4 Å². The average Bonchev–Trinajstić information content (AvgIpc) is 3.46. The van der Waals surface area contributed by atoms with Gasteiger partial charge in [-0.3, -0.25) is 14.2 Å². The molecule has 3 atom stereocenters. The van der Waals surface area contributed by atoms with Gasteiger partial charge in [-0.25, -0.2) is 0 Å². The maximum absolute atomic E-state index is 12.7. The molecule has 0 aliphatic rings. The predicted octanol–water partition coefficient (Wildman–Crippen LogP) is 10.7. The van der Waals surface area contributed by atoms with Crippen molar-refractivity contribution < 1.29 is 51.6 Å². The van der Waals surface area contributed by atoms with Gasteiger partial charge in [0.1, 0.15) is 31.3 Å². The quantitative estimate of drug-likeness (QED) is 0.0226. The van der Waals surface area contributed by atoms with E-state index in [-0.39, 0.29) is 32.2 Å². The van der Waals surface area contributed by atoms with Gasteiger partial charge in [0.15, 0.2) is 6.10 Å². The lowest BCUT2D eigenvalue weighted by molar-refractivity contribution is -0.870. The number of unbranched alkanes of at least 4 members (excludes halogenated alkanes) is 8. The number of carbonyl (C=O) groups is 2. The third-order valence-corrected chi connectivity index (χ3v) is 11.2. The Hall–Kier alpha value is -2.79. The van der Waals surface area contributed by atoms with Gasteiger partial charge in [0.25, 0.3) is 7.82 Å². The molecule has 344 valence electrons. The summed E-state index contributed by atoms with van der Waals surface area (Å²) in [6, 6.07) is 0. The fourth-order valence-electron chi connectivity index (χ4n) is 6.20. The number of hydrogen-bond donors (Lipinski definition) is 1. The molecule has 0 radical (unpaired) electrons. The molecular weight excluding hydrogens is 781 g/mol. The van der Waals surface area contributed by atoms with Gasteiger partial charge in [0.05, 0.1) is 33.9 Å². The summed E-state index contributed by atoms with van der Waals surface area (Å²) in [5.41, 5.74) is 2.62. The molecule has 12 heteroatoms. The summed E-state index contributed by atoms with van der Waals surface area (Å²) in [6.07, 6.45) is 33.6. The molecule has 0 saturated carbocycles. The van der Waals surface area contributed by atoms with Crippen molar-refractivity contribution in [3.05, 3.63) is 71.3 Å². The van der Waals surface area contributed by atoms with Crippen molar-refractivity contribution in [1.82, 2.24) is 0 Å². The average molecular weight is 864 g/mol. The van der Waals surface area contributed by atoms with Crippen molar-refractivity contribution in [2.24, 2.45) is 0 Å². The maximum atomic E-state index is 12.7. The zero-order chi connectivity index (χ0) is 44.5. The first kappa shape index (κ1) is 55.2. The minimum atomic E-state index is -4.66. The molecular formula is C48H82NO10P. The molecule has 0 saturated heterocycles. The van der Waals surface area contributed by atoms with Gasteiger partial charge in [0, 0.05) is 25.7 Å². The number of hydrogen-bond acceptors (Lipinski definition) is 10. The van der Waals surface area contributed by atoms with Crippen LogP contribution in [0.25, 0.3) is 0 Å². The normalized spacial score (nSPS) is 14.5. The van der Waals surface area contributed by atoms with Crippen LogP contribution in [0.1, 0.15) is 158 Å². The highest BCUT2D eigenvalue weighted by molar-refractivity contribution is 7.45. The number of carbonyl (C=O) groups excluding carboxylic acids is 2. The number of rotatable bonds is 37. The van der Waals surface area contributed by atoms with Crippen LogP contribution in [0.3, 0.4) is 0 Å². The zero-order valence-corrected chi connectivity index (χ0v) is 39.4. The van der Waals surface area contributed by atoms with Crippen molar-refractivity contribution in [2.75, 3.05) is 47.5 Å². The Balaban J connectivity index is 2.37. The van der Waals surface area contributed by atoms with Crippen molar-refractivity contribution in [3.8, 4) is 0 Å². The SMILES string of the molecule is CCCc1oc(CCCCCCCCCCC(=O)OC[C@H](COP(=O)([O-])OCC[N+](C)(C)C)OC(=O)CCC/C=C\C/C=C\C/C=C\C/C=C\CC[C@H](O)CC)c(C)c1C. The van der Waals surface area contributed by atoms with Crippen LogP contribution in [-0.4, -0.2) is 81.2 Å². The number of aliphatic hydroxyl groups is 1. The number of phosphoric ester groups is 1. The Bertz CT molecular complexity index is 1460. The molecule has 1 rings (SSSR count). The molecule has 1 N–H and O–H groups in total. The number of allylic oxidation sites excluding steroid dienone is 8. The number of likely N-dealkylation sites (N-methyl/N-ethyl adjacent to an activating group) is 1. The van der Waals surface area contributed by atoms with Gasteiger partial charge in [-0.15, -0.1) is 0 Å². The summed E-state index contributed by atoms with van der Waals surface area (Å²) in [5.74, 6) is 1.34. The van der Waals surface area contributed by atoms with E-state index in [1.165, 1.54) is 24.0 Å². The van der Waals surface area contributed by atoms with Crippen LogP contribution in [0.5, 0.6) is 0 Å². The summed E-state index contributed by atoms with van der Waals surface area (Å²) >= 11 is 0. The Morgan fingerprint density at radius 2 is 1.25 bits per heavy atom. The van der Waals surface area contributed by atoms with E-state index in [2.05, 4.69) is 57.2 Å². The van der Waals surface area contributed by atoms with E-state index in [4.69, 9.17) is 22.9 Å². The minimum Gasteiger partial charge on any atom is -0.756 e. The molecule has 0 amide bonds.